The Morgan fingerprint density at radius 2 is 1.34 bits per heavy atom. The van der Waals surface area contributed by atoms with Crippen LogP contribution < -0.4 is 14.5 Å². The molecule has 0 radical (unpaired) electrons. The third kappa shape index (κ3) is 5.25. The fraction of sp³-hybridized carbons (Fsp3) is 0.0256. The second kappa shape index (κ2) is 12.2. The average molecular weight is 825 g/mol. The molecule has 4 heterocycles. The average Bonchev–Trinajstić information content (AvgIpc) is 3.81. The molecule has 8 heteroatoms. The van der Waals surface area contributed by atoms with Crippen LogP contribution in [-0.4, -0.2) is 16.9 Å². The molecule has 0 unspecified atom stereocenters. The van der Waals surface area contributed by atoms with Gasteiger partial charge in [-0.1, -0.05) is 66.4 Å². The van der Waals surface area contributed by atoms with Crippen LogP contribution >= 0.6 is 22.7 Å². The van der Waals surface area contributed by atoms with Gasteiger partial charge in [0.15, 0.2) is 0 Å². The molecule has 0 atom stereocenters. The second-order valence-corrected chi connectivity index (χ2v) is 13.2. The number of benzene rings is 5. The van der Waals surface area contributed by atoms with Gasteiger partial charge in [0.1, 0.15) is 5.82 Å². The van der Waals surface area contributed by atoms with E-state index in [1.165, 1.54) is 20.2 Å². The molecule has 9 rings (SSSR count). The van der Waals surface area contributed by atoms with E-state index in [1.807, 2.05) is 73.6 Å². The van der Waals surface area contributed by atoms with E-state index in [-0.39, 0.29) is 21.1 Å². The smallest absolute Gasteiger partial charge is 0.135 e. The first-order chi connectivity index (χ1) is 22.7. The van der Waals surface area contributed by atoms with E-state index in [2.05, 4.69) is 94.7 Å². The number of aromatic nitrogens is 1. The van der Waals surface area contributed by atoms with Crippen molar-refractivity contribution >= 4 is 85.9 Å². The Kier molecular flexibility index (Phi) is 7.69. The number of thiophene rings is 2. The summed E-state index contributed by atoms with van der Waals surface area (Å²) in [5, 5.41) is 4.64. The van der Waals surface area contributed by atoms with Crippen LogP contribution in [0.25, 0.3) is 40.3 Å². The first-order valence-corrected chi connectivity index (χ1v) is 16.6. The van der Waals surface area contributed by atoms with E-state index in [9.17, 15) is 0 Å². The van der Waals surface area contributed by atoms with Crippen molar-refractivity contribution in [1.82, 2.24) is 9.88 Å². The van der Waals surface area contributed by atoms with Gasteiger partial charge in [0.25, 0.3) is 0 Å². The molecule has 1 aliphatic rings. The maximum atomic E-state index is 7.04. The Morgan fingerprint density at radius 3 is 2.00 bits per heavy atom. The van der Waals surface area contributed by atoms with Crippen molar-refractivity contribution in [2.24, 2.45) is 0 Å². The predicted octanol–water partition coefficient (Wildman–Crippen LogP) is 11.0. The van der Waals surface area contributed by atoms with E-state index >= 15 is 0 Å². The maximum Gasteiger partial charge on any atom is 0.135 e. The number of para-hydroxylation sites is 1. The van der Waals surface area contributed by atoms with Gasteiger partial charge in [-0.25, -0.2) is 27.7 Å². The number of rotatable bonds is 6. The van der Waals surface area contributed by atoms with E-state index in [4.69, 9.17) is 9.72 Å². The molecule has 3 aromatic heterocycles. The van der Waals surface area contributed by atoms with Gasteiger partial charge in [0, 0.05) is 53.8 Å². The van der Waals surface area contributed by atoms with Gasteiger partial charge < -0.3 is 19.4 Å². The molecule has 8 aromatic rings. The molecule has 47 heavy (non-hydrogen) atoms. The van der Waals surface area contributed by atoms with Crippen LogP contribution in [0, 0.1) is 18.8 Å². The monoisotopic (exact) mass is 824 g/mol. The molecule has 0 saturated heterocycles. The summed E-state index contributed by atoms with van der Waals surface area (Å²) in [4.78, 5) is 11.0. The molecular formula is C39H25N4OPtS2-3. The van der Waals surface area contributed by atoms with E-state index < -0.39 is 0 Å². The minimum absolute atomic E-state index is 0. The van der Waals surface area contributed by atoms with Gasteiger partial charge in [-0.15, -0.1) is 40.7 Å². The second-order valence-electron chi connectivity index (χ2n) is 11.1. The minimum Gasteiger partial charge on any atom is -0.510 e. The van der Waals surface area contributed by atoms with Crippen molar-refractivity contribution in [1.29, 1.82) is 0 Å². The molecule has 5 aromatic carbocycles. The van der Waals surface area contributed by atoms with Crippen molar-refractivity contribution in [3.8, 4) is 11.5 Å². The Hall–Kier alpha value is -4.68. The molecule has 0 fully saturated rings. The van der Waals surface area contributed by atoms with Crippen LogP contribution in [0.1, 0.15) is 0 Å². The van der Waals surface area contributed by atoms with Crippen molar-refractivity contribution in [2.45, 2.75) is 0 Å². The van der Waals surface area contributed by atoms with Crippen LogP contribution in [0.3, 0.4) is 0 Å². The number of ether oxygens (including phenoxy) is 1. The molecular weight excluding hydrogens is 800 g/mol. The van der Waals surface area contributed by atoms with Gasteiger partial charge in [0.05, 0.1) is 0 Å². The first-order valence-electron chi connectivity index (χ1n) is 14.9. The number of hydrogen-bond donors (Lipinski definition) is 0. The zero-order valence-electron chi connectivity index (χ0n) is 25.0. The summed E-state index contributed by atoms with van der Waals surface area (Å²) in [6.07, 6.45) is 5.89. The van der Waals surface area contributed by atoms with Crippen molar-refractivity contribution < 1.29 is 25.8 Å². The van der Waals surface area contributed by atoms with Crippen LogP contribution in [0.5, 0.6) is 11.5 Å². The summed E-state index contributed by atoms with van der Waals surface area (Å²) < 4.78 is 11.5. The summed E-state index contributed by atoms with van der Waals surface area (Å²) in [6, 6.07) is 45.1. The molecule has 0 amide bonds. The minimum atomic E-state index is 0. The van der Waals surface area contributed by atoms with E-state index in [0.29, 0.717) is 11.5 Å². The predicted molar refractivity (Wildman–Crippen MR) is 193 cm³/mol. The summed E-state index contributed by atoms with van der Waals surface area (Å²) in [6.45, 7) is 2.04. The van der Waals surface area contributed by atoms with Gasteiger partial charge in [-0.3, -0.25) is 0 Å². The maximum absolute atomic E-state index is 7.04. The van der Waals surface area contributed by atoms with Crippen LogP contribution in [0.2, 0.25) is 0 Å². The van der Waals surface area contributed by atoms with Gasteiger partial charge in [-0.2, -0.15) is 6.67 Å². The zero-order chi connectivity index (χ0) is 30.6. The van der Waals surface area contributed by atoms with Crippen molar-refractivity contribution in [3.05, 3.63) is 147 Å². The molecule has 0 aliphatic carbocycles. The summed E-state index contributed by atoms with van der Waals surface area (Å²) >= 11 is 3.45. The molecule has 0 N–H and O–H groups in total. The Balaban J connectivity index is 0.00000324. The third-order valence-electron chi connectivity index (χ3n) is 8.11. The molecule has 232 valence electrons. The SMILES string of the molecule is CN1C=CN(c2[c-]c(Oc3[c-]c(N(c4ccccc4)c4ccccn4)cc4c3sc3ccccc34)c3sc4ccccc4c3c2)[CH-]1.[Pt]. The number of fused-ring (bicyclic) bond motifs is 6. The Labute approximate surface area is 294 Å². The third-order valence-corrected chi connectivity index (χ3v) is 10.5. The Bertz CT molecular complexity index is 2380. The number of pyridine rings is 1. The fourth-order valence-corrected chi connectivity index (χ4v) is 8.24. The number of nitrogens with zero attached hydrogens (tertiary/aromatic N) is 4. The van der Waals surface area contributed by atoms with Crippen LogP contribution in [0.4, 0.5) is 22.9 Å². The van der Waals surface area contributed by atoms with E-state index in [0.717, 1.165) is 43.1 Å². The molecule has 0 saturated carbocycles. The molecule has 0 bridgehead atoms. The number of hydrogen-bond acceptors (Lipinski definition) is 7. The largest absolute Gasteiger partial charge is 0.510 e. The van der Waals surface area contributed by atoms with E-state index in [1.54, 1.807) is 22.7 Å². The number of anilines is 4. The topological polar surface area (TPSA) is 31.8 Å². The van der Waals surface area contributed by atoms with Crippen molar-refractivity contribution in [3.63, 3.8) is 0 Å². The van der Waals surface area contributed by atoms with Crippen LogP contribution in [0.15, 0.2) is 128 Å². The molecule has 0 spiro atoms. The van der Waals surface area contributed by atoms with Crippen molar-refractivity contribution in [2.75, 3.05) is 16.8 Å². The normalized spacial score (nSPS) is 12.8. The molecule has 1 aliphatic heterocycles. The summed E-state index contributed by atoms with van der Waals surface area (Å²) in [5.74, 6) is 2.15. The van der Waals surface area contributed by atoms with Gasteiger partial charge in [0.2, 0.25) is 0 Å². The Morgan fingerprint density at radius 1 is 0.702 bits per heavy atom. The first kappa shape index (κ1) is 29.7. The standard InChI is InChI=1S/C39H25N4OS2.Pt/c1-41-19-20-42(25-41)27-21-31-29-13-5-7-15-35(29)45-38(31)33(23-27)44-34-24-28(22-32-30-14-6-8-16-36(30)46-39(32)34)43(26-11-3-2-4-12-26)37-17-9-10-18-40-37;/h2-22,25H,1H3;/q-3;. The van der Waals surface area contributed by atoms with Crippen LogP contribution in [-0.2, 0) is 21.1 Å². The quantitative estimate of drug-likeness (QED) is 0.156. The summed E-state index contributed by atoms with van der Waals surface area (Å²) in [5.41, 5.74) is 2.75. The molecule has 5 nitrogen and oxygen atoms in total. The summed E-state index contributed by atoms with van der Waals surface area (Å²) in [7, 11) is 2.02. The zero-order valence-corrected chi connectivity index (χ0v) is 28.9. The van der Waals surface area contributed by atoms with Gasteiger partial charge >= 0.3 is 0 Å². The fourth-order valence-electron chi connectivity index (χ4n) is 6.00. The van der Waals surface area contributed by atoms with Gasteiger partial charge in [-0.05, 0) is 76.0 Å².